The molecule has 0 saturated heterocycles. The van der Waals surface area contributed by atoms with E-state index in [4.69, 9.17) is 16.3 Å². The van der Waals surface area contributed by atoms with Crippen LogP contribution in [-0.2, 0) is 0 Å². The monoisotopic (exact) mass is 380 g/mol. The van der Waals surface area contributed by atoms with Crippen LogP contribution in [0.25, 0.3) is 22.4 Å². The van der Waals surface area contributed by atoms with Crippen molar-refractivity contribution in [3.8, 4) is 28.1 Å². The molecule has 0 atom stereocenters. The van der Waals surface area contributed by atoms with Crippen LogP contribution in [0, 0.1) is 6.92 Å². The number of hydrogen-bond donors (Lipinski definition) is 0. The summed E-state index contributed by atoms with van der Waals surface area (Å²) in [6, 6.07) is 18.3. The molecule has 0 aliphatic heterocycles. The first-order valence-corrected chi connectivity index (χ1v) is 9.52. The Balaban J connectivity index is 1.91. The average molecular weight is 381 g/mol. The van der Waals surface area contributed by atoms with E-state index in [1.807, 2.05) is 30.5 Å². The van der Waals surface area contributed by atoms with Crippen LogP contribution in [-0.4, -0.2) is 37.1 Å². The second-order valence-electron chi connectivity index (χ2n) is 6.86. The lowest BCUT2D eigenvalue weighted by Gasteiger charge is -2.14. The molecule has 140 valence electrons. The number of halogens is 1. The van der Waals surface area contributed by atoms with Crippen molar-refractivity contribution in [1.82, 2.24) is 9.88 Å². The van der Waals surface area contributed by atoms with Gasteiger partial charge < -0.3 is 9.64 Å². The van der Waals surface area contributed by atoms with Crippen molar-refractivity contribution in [2.24, 2.45) is 0 Å². The first kappa shape index (κ1) is 19.4. The molecular weight excluding hydrogens is 356 g/mol. The second-order valence-corrected chi connectivity index (χ2v) is 7.27. The van der Waals surface area contributed by atoms with E-state index in [1.165, 1.54) is 11.1 Å². The number of aryl methyl sites for hydroxylation is 1. The fourth-order valence-electron chi connectivity index (χ4n) is 3.05. The van der Waals surface area contributed by atoms with Gasteiger partial charge in [-0.05, 0) is 56.8 Å². The number of rotatable bonds is 7. The van der Waals surface area contributed by atoms with Gasteiger partial charge in [-0.1, -0.05) is 48.0 Å². The molecule has 0 aliphatic carbocycles. The molecule has 0 unspecified atom stereocenters. The normalized spacial score (nSPS) is 11.0. The standard InChI is InChI=1S/C23H25ClN2O/c1-17-8-4-5-9-19(17)20-10-6-13-25-23(20)18-11-12-21(24)22(16-18)27-15-7-14-26(2)3/h4-6,8-13,16H,7,14-15H2,1-3H3. The number of pyridine rings is 1. The van der Waals surface area contributed by atoms with Gasteiger partial charge in [0.2, 0.25) is 0 Å². The maximum atomic E-state index is 6.35. The van der Waals surface area contributed by atoms with Crippen LogP contribution >= 0.6 is 11.6 Å². The average Bonchev–Trinajstić information content (AvgIpc) is 2.67. The van der Waals surface area contributed by atoms with E-state index in [2.05, 4.69) is 61.2 Å². The first-order chi connectivity index (χ1) is 13.1. The lowest BCUT2D eigenvalue weighted by atomic mass is 9.96. The number of aromatic nitrogens is 1. The minimum atomic E-state index is 0.622. The summed E-state index contributed by atoms with van der Waals surface area (Å²) in [6.45, 7) is 3.73. The zero-order chi connectivity index (χ0) is 19.2. The Labute approximate surface area is 166 Å². The molecule has 0 amide bonds. The molecule has 0 radical (unpaired) electrons. The van der Waals surface area contributed by atoms with Crippen molar-refractivity contribution in [1.29, 1.82) is 0 Å². The lowest BCUT2D eigenvalue weighted by molar-refractivity contribution is 0.282. The molecule has 27 heavy (non-hydrogen) atoms. The van der Waals surface area contributed by atoms with Crippen molar-refractivity contribution in [3.05, 3.63) is 71.4 Å². The predicted octanol–water partition coefficient (Wildman–Crippen LogP) is 5.71. The summed E-state index contributed by atoms with van der Waals surface area (Å²) >= 11 is 6.35. The number of benzene rings is 2. The highest BCUT2D eigenvalue weighted by atomic mass is 35.5. The summed E-state index contributed by atoms with van der Waals surface area (Å²) in [6.07, 6.45) is 2.77. The second kappa shape index (κ2) is 9.03. The molecule has 0 saturated carbocycles. The Bertz CT molecular complexity index is 908. The number of ether oxygens (including phenoxy) is 1. The first-order valence-electron chi connectivity index (χ1n) is 9.14. The van der Waals surface area contributed by atoms with Gasteiger partial charge >= 0.3 is 0 Å². The van der Waals surface area contributed by atoms with E-state index in [9.17, 15) is 0 Å². The number of hydrogen-bond acceptors (Lipinski definition) is 3. The van der Waals surface area contributed by atoms with Crippen LogP contribution in [0.5, 0.6) is 5.75 Å². The molecular formula is C23H25ClN2O. The maximum absolute atomic E-state index is 6.35. The van der Waals surface area contributed by atoms with Crippen LogP contribution in [0.2, 0.25) is 5.02 Å². The van der Waals surface area contributed by atoms with E-state index in [-0.39, 0.29) is 0 Å². The molecule has 2 aromatic carbocycles. The summed E-state index contributed by atoms with van der Waals surface area (Å²) in [7, 11) is 4.11. The molecule has 0 fully saturated rings. The zero-order valence-electron chi connectivity index (χ0n) is 16.1. The fraction of sp³-hybridized carbons (Fsp3) is 0.261. The van der Waals surface area contributed by atoms with Crippen molar-refractivity contribution in [3.63, 3.8) is 0 Å². The van der Waals surface area contributed by atoms with Gasteiger partial charge in [-0.25, -0.2) is 0 Å². The number of nitrogens with zero attached hydrogens (tertiary/aromatic N) is 2. The highest BCUT2D eigenvalue weighted by Gasteiger charge is 2.12. The third-order valence-corrected chi connectivity index (χ3v) is 4.77. The van der Waals surface area contributed by atoms with Crippen molar-refractivity contribution in [2.75, 3.05) is 27.2 Å². The summed E-state index contributed by atoms with van der Waals surface area (Å²) in [4.78, 5) is 6.79. The van der Waals surface area contributed by atoms with Crippen LogP contribution in [0.3, 0.4) is 0 Å². The van der Waals surface area contributed by atoms with E-state index in [1.54, 1.807) is 0 Å². The van der Waals surface area contributed by atoms with Crippen molar-refractivity contribution < 1.29 is 4.74 Å². The SMILES string of the molecule is Cc1ccccc1-c1cccnc1-c1ccc(Cl)c(OCCCN(C)C)c1. The summed E-state index contributed by atoms with van der Waals surface area (Å²) in [5, 5.41) is 0.622. The minimum absolute atomic E-state index is 0.622. The van der Waals surface area contributed by atoms with E-state index >= 15 is 0 Å². The quantitative estimate of drug-likeness (QED) is 0.491. The molecule has 0 bridgehead atoms. The summed E-state index contributed by atoms with van der Waals surface area (Å²) < 4.78 is 5.93. The molecule has 1 heterocycles. The Morgan fingerprint density at radius 3 is 2.56 bits per heavy atom. The predicted molar refractivity (Wildman–Crippen MR) is 114 cm³/mol. The van der Waals surface area contributed by atoms with Gasteiger partial charge in [0.25, 0.3) is 0 Å². The van der Waals surface area contributed by atoms with Gasteiger partial charge in [0.05, 0.1) is 17.3 Å². The summed E-state index contributed by atoms with van der Waals surface area (Å²) in [5.74, 6) is 0.703. The van der Waals surface area contributed by atoms with Gasteiger partial charge in [-0.15, -0.1) is 0 Å². The highest BCUT2D eigenvalue weighted by Crippen LogP contribution is 2.35. The smallest absolute Gasteiger partial charge is 0.138 e. The van der Waals surface area contributed by atoms with Crippen molar-refractivity contribution in [2.45, 2.75) is 13.3 Å². The van der Waals surface area contributed by atoms with Gasteiger partial charge in [0.1, 0.15) is 5.75 Å². The fourth-order valence-corrected chi connectivity index (χ4v) is 3.22. The Morgan fingerprint density at radius 1 is 1.00 bits per heavy atom. The molecule has 0 N–H and O–H groups in total. The Kier molecular flexibility index (Phi) is 6.49. The molecule has 3 nitrogen and oxygen atoms in total. The largest absolute Gasteiger partial charge is 0.492 e. The van der Waals surface area contributed by atoms with Gasteiger partial charge in [0, 0.05) is 23.9 Å². The maximum Gasteiger partial charge on any atom is 0.138 e. The van der Waals surface area contributed by atoms with E-state index < -0.39 is 0 Å². The third kappa shape index (κ3) is 4.88. The lowest BCUT2D eigenvalue weighted by Crippen LogP contribution is -2.15. The van der Waals surface area contributed by atoms with Gasteiger partial charge in [-0.2, -0.15) is 0 Å². The van der Waals surface area contributed by atoms with Crippen LogP contribution in [0.4, 0.5) is 0 Å². The molecule has 3 aromatic rings. The van der Waals surface area contributed by atoms with Gasteiger partial charge in [0.15, 0.2) is 0 Å². The minimum Gasteiger partial charge on any atom is -0.492 e. The molecule has 3 rings (SSSR count). The Hall–Kier alpha value is -2.36. The van der Waals surface area contributed by atoms with E-state index in [0.717, 1.165) is 29.8 Å². The van der Waals surface area contributed by atoms with Crippen LogP contribution < -0.4 is 4.74 Å². The van der Waals surface area contributed by atoms with E-state index in [0.29, 0.717) is 17.4 Å². The molecule has 0 spiro atoms. The van der Waals surface area contributed by atoms with Gasteiger partial charge in [-0.3, -0.25) is 4.98 Å². The van der Waals surface area contributed by atoms with Crippen LogP contribution in [0.15, 0.2) is 60.8 Å². The third-order valence-electron chi connectivity index (χ3n) is 4.45. The molecule has 4 heteroatoms. The molecule has 1 aromatic heterocycles. The van der Waals surface area contributed by atoms with Crippen LogP contribution in [0.1, 0.15) is 12.0 Å². The Morgan fingerprint density at radius 2 is 1.78 bits per heavy atom. The topological polar surface area (TPSA) is 25.4 Å². The zero-order valence-corrected chi connectivity index (χ0v) is 16.8. The summed E-state index contributed by atoms with van der Waals surface area (Å²) in [5.41, 5.74) is 5.45. The van der Waals surface area contributed by atoms with Crippen molar-refractivity contribution >= 4 is 11.6 Å². The highest BCUT2D eigenvalue weighted by molar-refractivity contribution is 6.32. The molecule has 0 aliphatic rings.